The van der Waals surface area contributed by atoms with Gasteiger partial charge in [-0.15, -0.1) is 5.10 Å². The molecule has 8 heteroatoms. The van der Waals surface area contributed by atoms with Crippen LogP contribution in [0.3, 0.4) is 0 Å². The molecule has 0 fully saturated rings. The van der Waals surface area contributed by atoms with Crippen molar-refractivity contribution in [3.05, 3.63) is 40.6 Å². The number of rotatable bonds is 8. The van der Waals surface area contributed by atoms with Crippen molar-refractivity contribution in [3.63, 3.8) is 0 Å². The summed E-state index contributed by atoms with van der Waals surface area (Å²) in [6.45, 7) is 1.09. The van der Waals surface area contributed by atoms with Crippen LogP contribution < -0.4 is 5.56 Å². The topological polar surface area (TPSA) is 103 Å². The highest BCUT2D eigenvalue weighted by molar-refractivity contribution is 5.66. The van der Waals surface area contributed by atoms with Gasteiger partial charge in [-0.05, 0) is 29.3 Å². The Balaban J connectivity index is 1.87. The fourth-order valence-corrected chi connectivity index (χ4v) is 1.98. The van der Waals surface area contributed by atoms with Crippen molar-refractivity contribution in [3.8, 4) is 0 Å². The van der Waals surface area contributed by atoms with Gasteiger partial charge in [-0.2, -0.15) is 0 Å². The number of unbranched alkanes of at least 4 members (excludes halogenated alkanes) is 1. The summed E-state index contributed by atoms with van der Waals surface area (Å²) in [7, 11) is 0. The Morgan fingerprint density at radius 2 is 2.10 bits per heavy atom. The van der Waals surface area contributed by atoms with E-state index in [0.717, 1.165) is 0 Å². The average Bonchev–Trinajstić information content (AvgIpc) is 2.90. The van der Waals surface area contributed by atoms with Crippen molar-refractivity contribution in [2.75, 3.05) is 0 Å². The number of aromatic nitrogens is 5. The lowest BCUT2D eigenvalue weighted by atomic mass is 10.2. The number of tetrazole rings is 1. The molecule has 0 spiro atoms. The number of nitrogens with zero attached hydrogens (tertiary/aromatic N) is 5. The van der Waals surface area contributed by atoms with Crippen molar-refractivity contribution in [1.29, 1.82) is 0 Å². The van der Waals surface area contributed by atoms with Crippen molar-refractivity contribution in [2.24, 2.45) is 0 Å². The van der Waals surface area contributed by atoms with Crippen LogP contribution in [0.1, 0.15) is 25.1 Å². The van der Waals surface area contributed by atoms with Crippen molar-refractivity contribution < 1.29 is 9.90 Å². The molecule has 21 heavy (non-hydrogen) atoms. The van der Waals surface area contributed by atoms with Gasteiger partial charge in [0.15, 0.2) is 5.82 Å². The third-order valence-corrected chi connectivity index (χ3v) is 3.09. The Morgan fingerprint density at radius 1 is 1.24 bits per heavy atom. The minimum absolute atomic E-state index is 0.0574. The van der Waals surface area contributed by atoms with E-state index in [0.29, 0.717) is 38.2 Å². The number of hydrogen-bond donors (Lipinski definition) is 1. The maximum absolute atomic E-state index is 11.6. The molecular weight excluding hydrogens is 274 g/mol. The normalized spacial score (nSPS) is 10.7. The molecule has 0 saturated heterocycles. The second kappa shape index (κ2) is 7.32. The fourth-order valence-electron chi connectivity index (χ4n) is 1.98. The maximum Gasteiger partial charge on any atom is 0.303 e. The lowest BCUT2D eigenvalue weighted by Crippen LogP contribution is -2.20. The zero-order valence-electron chi connectivity index (χ0n) is 11.6. The lowest BCUT2D eigenvalue weighted by Gasteiger charge is -2.06. The number of hydrogen-bond acceptors (Lipinski definition) is 5. The van der Waals surface area contributed by atoms with E-state index in [-0.39, 0.29) is 12.0 Å². The van der Waals surface area contributed by atoms with Gasteiger partial charge < -0.3 is 9.67 Å². The van der Waals surface area contributed by atoms with E-state index in [2.05, 4.69) is 15.5 Å². The largest absolute Gasteiger partial charge is 0.481 e. The van der Waals surface area contributed by atoms with Crippen molar-refractivity contribution in [2.45, 2.75) is 38.8 Å². The van der Waals surface area contributed by atoms with Crippen LogP contribution >= 0.6 is 0 Å². The fraction of sp³-hybridized carbons (Fsp3) is 0.462. The third-order valence-electron chi connectivity index (χ3n) is 3.09. The summed E-state index contributed by atoms with van der Waals surface area (Å²) in [5, 5.41) is 20.0. The molecule has 1 N–H and O–H groups in total. The Morgan fingerprint density at radius 3 is 2.86 bits per heavy atom. The predicted octanol–water partition coefficient (Wildman–Crippen LogP) is 0.332. The molecular formula is C13H17N5O3. The molecule has 0 atom stereocenters. The number of pyridine rings is 1. The van der Waals surface area contributed by atoms with Gasteiger partial charge in [0.05, 0.1) is 0 Å². The first-order chi connectivity index (χ1) is 10.2. The van der Waals surface area contributed by atoms with Gasteiger partial charge in [0.1, 0.15) is 0 Å². The van der Waals surface area contributed by atoms with Crippen LogP contribution in [0.4, 0.5) is 0 Å². The molecule has 0 aliphatic heterocycles. The van der Waals surface area contributed by atoms with Crippen LogP contribution in [-0.2, 0) is 24.3 Å². The molecule has 0 aromatic carbocycles. The molecule has 2 aromatic rings. The Bertz CT molecular complexity index is 649. The highest BCUT2D eigenvalue weighted by Crippen LogP contribution is 2.02. The van der Waals surface area contributed by atoms with Crippen LogP contribution in [0.2, 0.25) is 0 Å². The number of carbonyl (C=O) groups is 1. The van der Waals surface area contributed by atoms with E-state index < -0.39 is 5.97 Å². The second-order valence-electron chi connectivity index (χ2n) is 4.65. The first kappa shape index (κ1) is 14.9. The van der Waals surface area contributed by atoms with Gasteiger partial charge in [0, 0.05) is 38.2 Å². The first-order valence-corrected chi connectivity index (χ1v) is 6.79. The van der Waals surface area contributed by atoms with Gasteiger partial charge in [0.2, 0.25) is 0 Å². The number of aryl methyl sites for hydroxylation is 3. The number of carboxylic acid groups (broad SMARTS) is 1. The zero-order chi connectivity index (χ0) is 15.1. The predicted molar refractivity (Wildman–Crippen MR) is 73.7 cm³/mol. The summed E-state index contributed by atoms with van der Waals surface area (Å²) in [5.41, 5.74) is -0.0574. The third kappa shape index (κ3) is 4.51. The van der Waals surface area contributed by atoms with E-state index in [9.17, 15) is 9.59 Å². The van der Waals surface area contributed by atoms with Crippen molar-refractivity contribution >= 4 is 5.97 Å². The van der Waals surface area contributed by atoms with Crippen molar-refractivity contribution in [1.82, 2.24) is 24.8 Å². The van der Waals surface area contributed by atoms with Gasteiger partial charge >= 0.3 is 5.97 Å². The summed E-state index contributed by atoms with van der Waals surface area (Å²) < 4.78 is 3.26. The molecule has 2 aromatic heterocycles. The van der Waals surface area contributed by atoms with E-state index in [1.54, 1.807) is 27.6 Å². The number of aliphatic carboxylic acids is 1. The van der Waals surface area contributed by atoms with Crippen LogP contribution in [0.15, 0.2) is 29.2 Å². The lowest BCUT2D eigenvalue weighted by molar-refractivity contribution is -0.137. The highest BCUT2D eigenvalue weighted by Gasteiger charge is 2.07. The van der Waals surface area contributed by atoms with E-state index >= 15 is 0 Å². The molecule has 0 aliphatic carbocycles. The summed E-state index contributed by atoms with van der Waals surface area (Å²) in [5.74, 6) is -0.100. The molecule has 0 saturated carbocycles. The highest BCUT2D eigenvalue weighted by atomic mass is 16.4. The Kier molecular flexibility index (Phi) is 5.19. The van der Waals surface area contributed by atoms with E-state index in [1.807, 2.05) is 0 Å². The van der Waals surface area contributed by atoms with Crippen LogP contribution in [0, 0.1) is 0 Å². The molecule has 2 heterocycles. The molecule has 2 rings (SSSR count). The minimum atomic E-state index is -0.796. The van der Waals surface area contributed by atoms with Crippen LogP contribution in [-0.4, -0.2) is 35.9 Å². The molecule has 112 valence electrons. The van der Waals surface area contributed by atoms with Crippen LogP contribution in [0.5, 0.6) is 0 Å². The molecule has 0 aliphatic rings. The Labute approximate surface area is 121 Å². The standard InChI is InChI=1S/C13H17N5O3/c19-12-5-1-3-8-17(12)10-7-11-14-15-16-18(11)9-4-2-6-13(20)21/h1,3,5,8H,2,4,6-7,9-10H2,(H,20,21). The molecule has 0 unspecified atom stereocenters. The Hall–Kier alpha value is -2.51. The molecule has 0 amide bonds. The zero-order valence-corrected chi connectivity index (χ0v) is 11.6. The summed E-state index contributed by atoms with van der Waals surface area (Å²) in [6, 6.07) is 5.01. The molecule has 0 bridgehead atoms. The van der Waals surface area contributed by atoms with Gasteiger partial charge in [0.25, 0.3) is 5.56 Å². The smallest absolute Gasteiger partial charge is 0.303 e. The monoisotopic (exact) mass is 291 g/mol. The minimum Gasteiger partial charge on any atom is -0.481 e. The van der Waals surface area contributed by atoms with Gasteiger partial charge in [-0.25, -0.2) is 4.68 Å². The average molecular weight is 291 g/mol. The molecule has 0 radical (unpaired) electrons. The van der Waals surface area contributed by atoms with Gasteiger partial charge in [-0.3, -0.25) is 9.59 Å². The second-order valence-corrected chi connectivity index (χ2v) is 4.65. The quantitative estimate of drug-likeness (QED) is 0.703. The summed E-state index contributed by atoms with van der Waals surface area (Å²) in [6.07, 6.45) is 3.72. The van der Waals surface area contributed by atoms with E-state index in [4.69, 9.17) is 5.11 Å². The summed E-state index contributed by atoms with van der Waals surface area (Å²) >= 11 is 0. The van der Waals surface area contributed by atoms with Gasteiger partial charge in [-0.1, -0.05) is 6.07 Å². The SMILES string of the molecule is O=C(O)CCCCn1nnnc1CCn1ccccc1=O. The maximum atomic E-state index is 11.6. The number of carboxylic acids is 1. The molecule has 8 nitrogen and oxygen atoms in total. The van der Waals surface area contributed by atoms with Crippen LogP contribution in [0.25, 0.3) is 0 Å². The van der Waals surface area contributed by atoms with E-state index in [1.165, 1.54) is 6.07 Å². The summed E-state index contributed by atoms with van der Waals surface area (Å²) in [4.78, 5) is 22.0. The first-order valence-electron chi connectivity index (χ1n) is 6.79.